The van der Waals surface area contributed by atoms with E-state index in [4.69, 9.17) is 0 Å². The van der Waals surface area contributed by atoms with Gasteiger partial charge in [-0.25, -0.2) is 4.98 Å². The van der Waals surface area contributed by atoms with Gasteiger partial charge in [0, 0.05) is 25.7 Å². The number of hydrogen-bond donors (Lipinski definition) is 1. The number of alkyl halides is 3. The van der Waals surface area contributed by atoms with Crippen LogP contribution in [0.1, 0.15) is 37.7 Å². The third-order valence-corrected chi connectivity index (χ3v) is 4.24. The first-order chi connectivity index (χ1) is 10.4. The Morgan fingerprint density at radius 3 is 2.50 bits per heavy atom. The van der Waals surface area contributed by atoms with Gasteiger partial charge in [0.05, 0.1) is 5.56 Å². The van der Waals surface area contributed by atoms with Gasteiger partial charge in [-0.1, -0.05) is 0 Å². The maximum absolute atomic E-state index is 12.5. The van der Waals surface area contributed by atoms with Crippen molar-refractivity contribution in [1.29, 1.82) is 0 Å². The molecule has 0 radical (unpaired) electrons. The minimum absolute atomic E-state index is 0.0774. The van der Waals surface area contributed by atoms with E-state index in [1.54, 1.807) is 0 Å². The fourth-order valence-corrected chi connectivity index (χ4v) is 2.89. The van der Waals surface area contributed by atoms with E-state index in [0.717, 1.165) is 51.0 Å². The number of hydrogen-bond acceptors (Lipinski definition) is 3. The molecule has 1 aliphatic rings. The van der Waals surface area contributed by atoms with Crippen LogP contribution in [0.15, 0.2) is 18.3 Å². The fraction of sp³-hybridized carbons (Fsp3) is 0.600. The van der Waals surface area contributed by atoms with Crippen LogP contribution in [0, 0.1) is 5.92 Å². The van der Waals surface area contributed by atoms with Gasteiger partial charge in [0.1, 0.15) is 5.82 Å². The van der Waals surface area contributed by atoms with E-state index in [1.807, 2.05) is 4.90 Å². The van der Waals surface area contributed by atoms with Crippen molar-refractivity contribution < 1.29 is 18.0 Å². The van der Waals surface area contributed by atoms with Gasteiger partial charge in [0.25, 0.3) is 0 Å². The third kappa shape index (κ3) is 4.90. The van der Waals surface area contributed by atoms with Crippen LogP contribution in [0.4, 0.5) is 19.0 Å². The summed E-state index contributed by atoms with van der Waals surface area (Å²) in [4.78, 5) is 16.7. The average Bonchev–Trinajstić information content (AvgIpc) is 2.47. The smallest absolute Gasteiger partial charge is 0.357 e. The zero-order valence-corrected chi connectivity index (χ0v) is 13.0. The summed E-state index contributed by atoms with van der Waals surface area (Å²) < 4.78 is 37.5. The molecule has 1 aliphatic heterocycles. The topological polar surface area (TPSA) is 33.2 Å². The lowest BCUT2D eigenvalue weighted by Gasteiger charge is -2.32. The number of rotatable bonds is 5. The molecule has 1 saturated heterocycles. The number of carbonyl (C=O) groups excluding carboxylic acids is 1. The molecular formula is C15H19F3N2OS. The molecule has 2 rings (SSSR count). The van der Waals surface area contributed by atoms with Crippen molar-refractivity contribution in [3.8, 4) is 0 Å². The summed E-state index contributed by atoms with van der Waals surface area (Å²) in [5.74, 6) is 1.16. The van der Waals surface area contributed by atoms with Crippen LogP contribution < -0.4 is 4.90 Å². The van der Waals surface area contributed by atoms with Crippen LogP contribution in [0.2, 0.25) is 0 Å². The molecule has 0 atom stereocenters. The van der Waals surface area contributed by atoms with Crippen molar-refractivity contribution in [1.82, 2.24) is 4.98 Å². The summed E-state index contributed by atoms with van der Waals surface area (Å²) in [5.41, 5.74) is -0.720. The summed E-state index contributed by atoms with van der Waals surface area (Å²) in [6.45, 7) is 1.58. The van der Waals surface area contributed by atoms with E-state index < -0.39 is 11.7 Å². The lowest BCUT2D eigenvalue weighted by Crippen LogP contribution is -2.34. The Morgan fingerprint density at radius 1 is 1.32 bits per heavy atom. The van der Waals surface area contributed by atoms with Crippen LogP contribution in [0.25, 0.3) is 0 Å². The Hall–Kier alpha value is -1.24. The van der Waals surface area contributed by atoms with Crippen molar-refractivity contribution >= 4 is 23.6 Å². The van der Waals surface area contributed by atoms with E-state index in [-0.39, 0.29) is 5.12 Å². The predicted octanol–water partition coefficient (Wildman–Crippen LogP) is 3.94. The van der Waals surface area contributed by atoms with Crippen LogP contribution in [0.3, 0.4) is 0 Å². The summed E-state index contributed by atoms with van der Waals surface area (Å²) in [6, 6.07) is 2.51. The number of pyridine rings is 1. The molecule has 7 heteroatoms. The van der Waals surface area contributed by atoms with Gasteiger partial charge in [-0.05, 0) is 43.7 Å². The minimum atomic E-state index is -4.34. The molecule has 2 heterocycles. The number of piperidine rings is 1. The predicted molar refractivity (Wildman–Crippen MR) is 82.0 cm³/mol. The van der Waals surface area contributed by atoms with Gasteiger partial charge in [-0.2, -0.15) is 13.2 Å². The van der Waals surface area contributed by atoms with Crippen LogP contribution >= 0.6 is 12.6 Å². The maximum atomic E-state index is 12.5. The fourth-order valence-electron chi connectivity index (χ4n) is 2.73. The number of nitrogens with zero attached hydrogens (tertiary/aromatic N) is 2. The minimum Gasteiger partial charge on any atom is -0.357 e. The third-order valence-electron chi connectivity index (χ3n) is 4.02. The average molecular weight is 332 g/mol. The maximum Gasteiger partial charge on any atom is 0.417 e. The van der Waals surface area contributed by atoms with Gasteiger partial charge in [-0.15, -0.1) is 12.6 Å². The van der Waals surface area contributed by atoms with Crippen LogP contribution in [0.5, 0.6) is 0 Å². The van der Waals surface area contributed by atoms with Crippen molar-refractivity contribution in [3.63, 3.8) is 0 Å². The standard InChI is InChI=1S/C15H19F3N2OS/c16-15(17,18)12-4-5-13(19-10-12)20-8-6-11(7-9-20)2-1-3-14(21)22/h4-5,10-11H,1-3,6-9H2,(H,21,22). The van der Waals surface area contributed by atoms with E-state index in [0.29, 0.717) is 18.2 Å². The molecule has 0 aliphatic carbocycles. The number of anilines is 1. The zero-order valence-electron chi connectivity index (χ0n) is 12.1. The molecule has 0 N–H and O–H groups in total. The summed E-state index contributed by atoms with van der Waals surface area (Å²) >= 11 is 3.75. The number of thiol groups is 1. The second kappa shape index (κ2) is 7.35. The molecule has 0 bridgehead atoms. The highest BCUT2D eigenvalue weighted by atomic mass is 32.1. The molecule has 0 amide bonds. The van der Waals surface area contributed by atoms with Crippen molar-refractivity contribution in [3.05, 3.63) is 23.9 Å². The largest absolute Gasteiger partial charge is 0.417 e. The molecule has 0 spiro atoms. The first-order valence-electron chi connectivity index (χ1n) is 7.36. The van der Waals surface area contributed by atoms with Gasteiger partial charge >= 0.3 is 6.18 Å². The molecule has 0 unspecified atom stereocenters. The van der Waals surface area contributed by atoms with Gasteiger partial charge in [0.15, 0.2) is 5.12 Å². The first kappa shape index (κ1) is 17.1. The van der Waals surface area contributed by atoms with Gasteiger partial charge in [-0.3, -0.25) is 4.79 Å². The molecule has 122 valence electrons. The molecule has 0 saturated carbocycles. The molecule has 1 aromatic rings. The Kier molecular flexibility index (Phi) is 5.72. The Labute approximate surface area is 133 Å². The van der Waals surface area contributed by atoms with Crippen molar-refractivity contribution in [2.24, 2.45) is 5.92 Å². The Morgan fingerprint density at radius 2 is 2.00 bits per heavy atom. The monoisotopic (exact) mass is 332 g/mol. The van der Waals surface area contributed by atoms with E-state index >= 15 is 0 Å². The van der Waals surface area contributed by atoms with Gasteiger partial charge in [0.2, 0.25) is 0 Å². The first-order valence-corrected chi connectivity index (χ1v) is 7.81. The van der Waals surface area contributed by atoms with E-state index in [9.17, 15) is 18.0 Å². The lowest BCUT2D eigenvalue weighted by molar-refractivity contribution is -0.137. The highest BCUT2D eigenvalue weighted by Crippen LogP contribution is 2.30. The summed E-state index contributed by atoms with van der Waals surface area (Å²) in [7, 11) is 0. The number of halogens is 3. The molecular weight excluding hydrogens is 313 g/mol. The highest BCUT2D eigenvalue weighted by molar-refractivity contribution is 7.96. The van der Waals surface area contributed by atoms with E-state index in [1.165, 1.54) is 6.07 Å². The number of aromatic nitrogens is 1. The molecule has 22 heavy (non-hydrogen) atoms. The van der Waals surface area contributed by atoms with Crippen molar-refractivity contribution in [2.45, 2.75) is 38.3 Å². The van der Waals surface area contributed by atoms with E-state index in [2.05, 4.69) is 17.6 Å². The zero-order chi connectivity index (χ0) is 16.2. The highest BCUT2D eigenvalue weighted by Gasteiger charge is 2.31. The Balaban J connectivity index is 1.82. The van der Waals surface area contributed by atoms with Crippen LogP contribution in [-0.4, -0.2) is 23.2 Å². The Bertz CT molecular complexity index is 497. The second-order valence-electron chi connectivity index (χ2n) is 5.62. The molecule has 1 fully saturated rings. The quantitative estimate of drug-likeness (QED) is 0.829. The summed E-state index contributed by atoms with van der Waals surface area (Å²) in [6.07, 6.45) is 0.853. The second-order valence-corrected chi connectivity index (χ2v) is 6.12. The molecule has 0 aromatic carbocycles. The van der Waals surface area contributed by atoms with Crippen LogP contribution in [-0.2, 0) is 11.0 Å². The van der Waals surface area contributed by atoms with Gasteiger partial charge < -0.3 is 4.90 Å². The van der Waals surface area contributed by atoms with Crippen molar-refractivity contribution in [2.75, 3.05) is 18.0 Å². The summed E-state index contributed by atoms with van der Waals surface area (Å²) in [5, 5.41) is -0.0774. The SMILES string of the molecule is O=C(S)CCCC1CCN(c2ccc(C(F)(F)F)cn2)CC1. The molecule has 1 aromatic heterocycles. The lowest BCUT2D eigenvalue weighted by atomic mass is 9.91. The molecule has 3 nitrogen and oxygen atoms in total. The number of carbonyl (C=O) groups is 1. The normalized spacial score (nSPS) is 16.8.